The highest BCUT2D eigenvalue weighted by Crippen LogP contribution is 2.24. The Labute approximate surface area is 75.3 Å². The van der Waals surface area contributed by atoms with E-state index in [4.69, 9.17) is 16.3 Å². The molecule has 0 fully saturated rings. The molecule has 0 aromatic heterocycles. The van der Waals surface area contributed by atoms with Gasteiger partial charge in [-0.3, -0.25) is 0 Å². The van der Waals surface area contributed by atoms with E-state index in [2.05, 4.69) is 5.18 Å². The van der Waals surface area contributed by atoms with Gasteiger partial charge >= 0.3 is 0 Å². The van der Waals surface area contributed by atoms with Crippen molar-refractivity contribution in [3.8, 4) is 5.75 Å². The van der Waals surface area contributed by atoms with E-state index in [0.29, 0.717) is 10.8 Å². The third-order valence-corrected chi connectivity index (χ3v) is 1.76. The minimum absolute atomic E-state index is 0.143. The Morgan fingerprint density at radius 3 is 2.83 bits per heavy atom. The summed E-state index contributed by atoms with van der Waals surface area (Å²) in [4.78, 5) is 9.92. The number of nitroso groups, excluding NO2 is 1. The van der Waals surface area contributed by atoms with Crippen LogP contribution < -0.4 is 4.74 Å². The normalized spacial score (nSPS) is 9.50. The fourth-order valence-electron chi connectivity index (χ4n) is 0.883. The molecule has 1 rings (SSSR count). The highest BCUT2D eigenvalue weighted by molar-refractivity contribution is 6.32. The van der Waals surface area contributed by atoms with E-state index >= 15 is 0 Å². The topological polar surface area (TPSA) is 38.7 Å². The summed E-state index contributed by atoms with van der Waals surface area (Å²) in [6.07, 6.45) is 0. The molecule has 64 valence electrons. The van der Waals surface area contributed by atoms with Crippen LogP contribution in [0.1, 0.15) is 5.56 Å². The van der Waals surface area contributed by atoms with E-state index in [1.807, 2.05) is 0 Å². The molecule has 0 heterocycles. The second-order valence-corrected chi connectivity index (χ2v) is 2.66. The molecule has 0 aliphatic carbocycles. The summed E-state index contributed by atoms with van der Waals surface area (Å²) >= 11 is 5.80. The molecule has 0 unspecified atom stereocenters. The molecule has 0 saturated heterocycles. The molecule has 0 atom stereocenters. The van der Waals surface area contributed by atoms with Gasteiger partial charge in [0.15, 0.2) is 0 Å². The van der Waals surface area contributed by atoms with Crippen molar-refractivity contribution in [2.45, 2.75) is 6.54 Å². The highest BCUT2D eigenvalue weighted by atomic mass is 35.5. The maximum Gasteiger partial charge on any atom is 0.137 e. The van der Waals surface area contributed by atoms with Crippen LogP contribution in [0.3, 0.4) is 0 Å². The number of halogens is 1. The van der Waals surface area contributed by atoms with E-state index < -0.39 is 0 Å². The van der Waals surface area contributed by atoms with E-state index in [9.17, 15) is 4.91 Å². The Kier molecular flexibility index (Phi) is 3.05. The van der Waals surface area contributed by atoms with Crippen molar-refractivity contribution in [3.05, 3.63) is 33.7 Å². The van der Waals surface area contributed by atoms with Gasteiger partial charge in [-0.25, -0.2) is 0 Å². The molecule has 4 heteroatoms. The zero-order chi connectivity index (χ0) is 8.97. The minimum Gasteiger partial charge on any atom is -0.495 e. The maximum atomic E-state index is 9.92. The number of methoxy groups -OCH3 is 1. The van der Waals surface area contributed by atoms with E-state index in [-0.39, 0.29) is 6.54 Å². The Bertz CT molecular complexity index is 288. The minimum atomic E-state index is 0.143. The summed E-state index contributed by atoms with van der Waals surface area (Å²) < 4.78 is 4.94. The van der Waals surface area contributed by atoms with Gasteiger partial charge in [0.25, 0.3) is 0 Å². The molecule has 0 amide bonds. The van der Waals surface area contributed by atoms with Crippen LogP contribution >= 0.6 is 11.6 Å². The molecule has 1 aromatic carbocycles. The van der Waals surface area contributed by atoms with Gasteiger partial charge in [0.2, 0.25) is 0 Å². The van der Waals surface area contributed by atoms with E-state index in [1.165, 1.54) is 0 Å². The number of nitrogens with zero attached hydrogens (tertiary/aromatic N) is 1. The Morgan fingerprint density at radius 1 is 1.58 bits per heavy atom. The van der Waals surface area contributed by atoms with Crippen molar-refractivity contribution in [1.29, 1.82) is 0 Å². The Hall–Kier alpha value is -1.09. The van der Waals surface area contributed by atoms with Crippen molar-refractivity contribution in [2.75, 3.05) is 7.11 Å². The van der Waals surface area contributed by atoms with Crippen LogP contribution in [0.2, 0.25) is 5.02 Å². The first-order valence-corrected chi connectivity index (χ1v) is 3.77. The molecule has 0 spiro atoms. The zero-order valence-corrected chi connectivity index (χ0v) is 7.34. The van der Waals surface area contributed by atoms with Gasteiger partial charge in [-0.2, -0.15) is 4.91 Å². The summed E-state index contributed by atoms with van der Waals surface area (Å²) in [5.41, 5.74) is 0.788. The van der Waals surface area contributed by atoms with Gasteiger partial charge in [-0.1, -0.05) is 22.8 Å². The van der Waals surface area contributed by atoms with Gasteiger partial charge < -0.3 is 4.74 Å². The first-order chi connectivity index (χ1) is 5.77. The molecule has 0 bridgehead atoms. The fourth-order valence-corrected chi connectivity index (χ4v) is 1.16. The van der Waals surface area contributed by atoms with E-state index in [0.717, 1.165) is 5.56 Å². The number of ether oxygens (including phenoxy) is 1. The molecule has 1 aromatic rings. The summed E-state index contributed by atoms with van der Waals surface area (Å²) in [5, 5.41) is 3.25. The number of hydrogen-bond donors (Lipinski definition) is 0. The SMILES string of the molecule is COc1ccc(CN=O)cc1Cl. The van der Waals surface area contributed by atoms with Crippen molar-refractivity contribution in [2.24, 2.45) is 5.18 Å². The average molecular weight is 186 g/mol. The third-order valence-electron chi connectivity index (χ3n) is 1.46. The lowest BCUT2D eigenvalue weighted by Gasteiger charge is -2.02. The van der Waals surface area contributed by atoms with Gasteiger partial charge in [-0.05, 0) is 17.7 Å². The molecule has 12 heavy (non-hydrogen) atoms. The number of rotatable bonds is 3. The molecular formula is C8H8ClNO2. The maximum absolute atomic E-state index is 9.92. The zero-order valence-electron chi connectivity index (χ0n) is 6.58. The lowest BCUT2D eigenvalue weighted by molar-refractivity contribution is 0.415. The standard InChI is InChI=1S/C8H8ClNO2/c1-12-8-3-2-6(5-10-11)4-7(8)9/h2-4H,5H2,1H3. The summed E-state index contributed by atoms with van der Waals surface area (Å²) in [6, 6.07) is 5.14. The van der Waals surface area contributed by atoms with Crippen LogP contribution in [0, 0.1) is 4.91 Å². The van der Waals surface area contributed by atoms with Gasteiger partial charge in [-0.15, -0.1) is 0 Å². The Morgan fingerprint density at radius 2 is 2.33 bits per heavy atom. The average Bonchev–Trinajstić information content (AvgIpc) is 2.05. The van der Waals surface area contributed by atoms with Crippen LogP contribution in [0.25, 0.3) is 0 Å². The Balaban J connectivity index is 2.93. The van der Waals surface area contributed by atoms with Crippen molar-refractivity contribution < 1.29 is 4.74 Å². The molecule has 0 radical (unpaired) electrons. The third kappa shape index (κ3) is 1.95. The predicted molar refractivity (Wildman–Crippen MR) is 47.5 cm³/mol. The van der Waals surface area contributed by atoms with Crippen molar-refractivity contribution in [3.63, 3.8) is 0 Å². The number of hydrogen-bond acceptors (Lipinski definition) is 3. The summed E-state index contributed by atoms with van der Waals surface area (Å²) in [6.45, 7) is 0.143. The van der Waals surface area contributed by atoms with Gasteiger partial charge in [0, 0.05) is 0 Å². The molecular weight excluding hydrogens is 178 g/mol. The second kappa shape index (κ2) is 4.07. The van der Waals surface area contributed by atoms with Crippen LogP contribution in [-0.2, 0) is 6.54 Å². The van der Waals surface area contributed by atoms with Gasteiger partial charge in [0.1, 0.15) is 12.3 Å². The first-order valence-electron chi connectivity index (χ1n) is 3.39. The molecule has 0 aliphatic rings. The summed E-state index contributed by atoms with van der Waals surface area (Å²) in [5.74, 6) is 0.603. The molecule has 0 aliphatic heterocycles. The first kappa shape index (κ1) is 9.00. The molecule has 3 nitrogen and oxygen atoms in total. The lowest BCUT2D eigenvalue weighted by Crippen LogP contribution is -1.86. The predicted octanol–water partition coefficient (Wildman–Crippen LogP) is 2.62. The fraction of sp³-hybridized carbons (Fsp3) is 0.250. The summed E-state index contributed by atoms with van der Waals surface area (Å²) in [7, 11) is 1.54. The highest BCUT2D eigenvalue weighted by Gasteiger charge is 2.00. The van der Waals surface area contributed by atoms with E-state index in [1.54, 1.807) is 25.3 Å². The number of benzene rings is 1. The quantitative estimate of drug-likeness (QED) is 0.679. The molecule has 0 saturated carbocycles. The molecule has 0 N–H and O–H groups in total. The smallest absolute Gasteiger partial charge is 0.137 e. The largest absolute Gasteiger partial charge is 0.495 e. The van der Waals surface area contributed by atoms with Crippen molar-refractivity contribution >= 4 is 11.6 Å². The van der Waals surface area contributed by atoms with Gasteiger partial charge in [0.05, 0.1) is 12.1 Å². The second-order valence-electron chi connectivity index (χ2n) is 2.26. The van der Waals surface area contributed by atoms with Crippen LogP contribution in [0.5, 0.6) is 5.75 Å². The van der Waals surface area contributed by atoms with Crippen LogP contribution in [0.15, 0.2) is 23.4 Å². The van der Waals surface area contributed by atoms with Crippen LogP contribution in [0.4, 0.5) is 0 Å². The monoisotopic (exact) mass is 185 g/mol. The van der Waals surface area contributed by atoms with Crippen molar-refractivity contribution in [1.82, 2.24) is 0 Å². The van der Waals surface area contributed by atoms with Crippen LogP contribution in [-0.4, -0.2) is 7.11 Å². The lowest BCUT2D eigenvalue weighted by atomic mass is 10.2.